The molecule has 0 unspecified atom stereocenters. The molecule has 0 spiro atoms. The number of halogens is 1. The molecule has 9 rings (SSSR count). The predicted molar refractivity (Wildman–Crippen MR) is 232 cm³/mol. The molecular weight excluding hydrogens is 783 g/mol. The molecule has 7 aromatic carbocycles. The molecule has 272 valence electrons. The summed E-state index contributed by atoms with van der Waals surface area (Å²) >= 11 is 2.66. The second-order valence-corrected chi connectivity index (χ2v) is 15.8. The maximum Gasteiger partial charge on any atom is 0.0885 e. The second-order valence-electron chi connectivity index (χ2n) is 14.7. The Balaban J connectivity index is 1.17. The number of benzene rings is 7. The fourth-order valence-corrected chi connectivity index (χ4v) is 9.81. The minimum atomic E-state index is -0.0266. The summed E-state index contributed by atoms with van der Waals surface area (Å²) in [6.45, 7) is 1.63. The monoisotopic (exact) mass is 828 g/mol. The van der Waals surface area contributed by atoms with Crippen LogP contribution < -0.4 is 10.6 Å². The predicted octanol–water partition coefficient (Wildman–Crippen LogP) is 11.5. The first-order valence-corrected chi connectivity index (χ1v) is 20.4. The number of nitrogens with zero attached hydrogens (tertiary/aromatic N) is 2. The first-order chi connectivity index (χ1) is 27.2. The Hall–Kier alpha value is -4.89. The van der Waals surface area contributed by atoms with Crippen LogP contribution in [0.15, 0.2) is 200 Å². The zero-order chi connectivity index (χ0) is 37.0. The fraction of sp³-hybridized carbons (Fsp3) is 0.160. The van der Waals surface area contributed by atoms with Gasteiger partial charge in [-0.1, -0.05) is 200 Å². The lowest BCUT2D eigenvalue weighted by Gasteiger charge is -2.33. The van der Waals surface area contributed by atoms with Crippen LogP contribution in [-0.2, 0) is 13.1 Å². The summed E-state index contributed by atoms with van der Waals surface area (Å²) in [6.07, 6.45) is -0.0532. The molecule has 7 aromatic rings. The summed E-state index contributed by atoms with van der Waals surface area (Å²) in [5.41, 5.74) is 10.4. The third kappa shape index (κ3) is 7.43. The van der Waals surface area contributed by atoms with Gasteiger partial charge in [0.15, 0.2) is 0 Å². The van der Waals surface area contributed by atoms with Gasteiger partial charge in [0.1, 0.15) is 0 Å². The molecule has 0 aromatic heterocycles. The lowest BCUT2D eigenvalue weighted by atomic mass is 9.93. The van der Waals surface area contributed by atoms with Crippen molar-refractivity contribution in [1.29, 1.82) is 0 Å². The van der Waals surface area contributed by atoms with Gasteiger partial charge in [-0.15, -0.1) is 0 Å². The maximum absolute atomic E-state index is 4.21. The van der Waals surface area contributed by atoms with E-state index in [-0.39, 0.29) is 36.5 Å². The van der Waals surface area contributed by atoms with Crippen LogP contribution in [0.1, 0.15) is 81.0 Å². The third-order valence-corrected chi connectivity index (χ3v) is 12.6. The number of rotatable bonds is 10. The van der Waals surface area contributed by atoms with E-state index in [1.54, 1.807) is 0 Å². The van der Waals surface area contributed by atoms with E-state index in [1.807, 2.05) is 0 Å². The van der Waals surface area contributed by atoms with Crippen LogP contribution in [0.4, 0.5) is 0 Å². The van der Waals surface area contributed by atoms with Crippen LogP contribution >= 0.6 is 22.6 Å². The minimum absolute atomic E-state index is 0.0266. The van der Waals surface area contributed by atoms with Gasteiger partial charge in [0.25, 0.3) is 0 Å². The number of hydrogen-bond donors (Lipinski definition) is 2. The molecule has 55 heavy (non-hydrogen) atoms. The Labute approximate surface area is 339 Å². The van der Waals surface area contributed by atoms with Gasteiger partial charge in [-0.2, -0.15) is 0 Å². The van der Waals surface area contributed by atoms with Crippen molar-refractivity contribution in [3.63, 3.8) is 0 Å². The highest BCUT2D eigenvalue weighted by atomic mass is 127. The van der Waals surface area contributed by atoms with Crippen LogP contribution in [0.2, 0.25) is 0 Å². The van der Waals surface area contributed by atoms with Gasteiger partial charge in [0.05, 0.1) is 36.5 Å². The van der Waals surface area contributed by atoms with Crippen LogP contribution in [0.25, 0.3) is 0 Å². The smallest absolute Gasteiger partial charge is 0.0885 e. The van der Waals surface area contributed by atoms with E-state index in [4.69, 9.17) is 0 Å². The van der Waals surface area contributed by atoms with Crippen LogP contribution in [-0.4, -0.2) is 9.80 Å². The highest BCUT2D eigenvalue weighted by molar-refractivity contribution is 14.1. The fourth-order valence-electron chi connectivity index (χ4n) is 8.86. The maximum atomic E-state index is 4.21. The summed E-state index contributed by atoms with van der Waals surface area (Å²) in [7, 11) is 0. The zero-order valence-corrected chi connectivity index (χ0v) is 32.9. The van der Waals surface area contributed by atoms with Crippen molar-refractivity contribution >= 4 is 22.6 Å². The second kappa shape index (κ2) is 16.5. The van der Waals surface area contributed by atoms with Gasteiger partial charge < -0.3 is 0 Å². The molecule has 2 aliphatic rings. The van der Waals surface area contributed by atoms with Crippen molar-refractivity contribution in [1.82, 2.24) is 20.4 Å². The summed E-state index contributed by atoms with van der Waals surface area (Å²) < 4.78 is 1.28. The van der Waals surface area contributed by atoms with Crippen molar-refractivity contribution in [2.45, 2.75) is 49.6 Å². The van der Waals surface area contributed by atoms with Crippen LogP contribution in [0, 0.1) is 3.57 Å². The first-order valence-electron chi connectivity index (χ1n) is 19.3. The molecule has 2 N–H and O–H groups in total. The first kappa shape index (κ1) is 35.8. The Morgan fingerprint density at radius 3 is 1.02 bits per heavy atom. The molecule has 0 radical (unpaired) electrons. The molecule has 6 atom stereocenters. The molecule has 0 saturated carbocycles. The van der Waals surface area contributed by atoms with E-state index in [1.165, 1.54) is 48.1 Å². The van der Waals surface area contributed by atoms with Gasteiger partial charge >= 0.3 is 0 Å². The average Bonchev–Trinajstić information content (AvgIpc) is 3.81. The standard InChI is InChI=1S/C50H45IN4/c51-44-42(49-52-45(38-24-11-3-12-25-38)47(40-28-15-5-16-29-40)54(49)34-36-20-7-1-8-21-36)32-19-33-43(44)50-53-46(39-26-13-4-14-27-39)48(41-30-17-6-18-31-41)55(50)35-37-22-9-2-10-23-37/h1-33,45-50,52-53H,34-35H2/t45-,46-,47-,48-,49+,50+/m1/s1. The number of nitrogens with one attached hydrogen (secondary N) is 2. The molecule has 0 aliphatic carbocycles. The van der Waals surface area contributed by atoms with Crippen molar-refractivity contribution in [3.8, 4) is 0 Å². The van der Waals surface area contributed by atoms with E-state index >= 15 is 0 Å². The lowest BCUT2D eigenvalue weighted by Crippen LogP contribution is -2.32. The minimum Gasteiger partial charge on any atom is -0.289 e. The van der Waals surface area contributed by atoms with E-state index < -0.39 is 0 Å². The largest absolute Gasteiger partial charge is 0.289 e. The molecule has 4 nitrogen and oxygen atoms in total. The Kier molecular flexibility index (Phi) is 10.7. The Bertz CT molecular complexity index is 2110. The topological polar surface area (TPSA) is 30.5 Å². The van der Waals surface area contributed by atoms with Gasteiger partial charge in [-0.25, -0.2) is 0 Å². The summed E-state index contributed by atoms with van der Waals surface area (Å²) in [5, 5.41) is 8.42. The molecule has 5 heteroatoms. The summed E-state index contributed by atoms with van der Waals surface area (Å²) in [4.78, 5) is 5.37. The van der Waals surface area contributed by atoms with Crippen LogP contribution in [0.5, 0.6) is 0 Å². The molecular formula is C50H45IN4. The normalized spacial score (nSPS) is 22.9. The van der Waals surface area contributed by atoms with Crippen molar-refractivity contribution in [2.24, 2.45) is 0 Å². The quantitative estimate of drug-likeness (QED) is 0.135. The van der Waals surface area contributed by atoms with Crippen LogP contribution in [0.3, 0.4) is 0 Å². The molecule has 2 fully saturated rings. The summed E-state index contributed by atoms with van der Waals surface area (Å²) in [6, 6.07) is 73.4. The van der Waals surface area contributed by atoms with Crippen molar-refractivity contribution in [3.05, 3.63) is 248 Å². The molecule has 2 saturated heterocycles. The molecule has 2 aliphatic heterocycles. The highest BCUT2D eigenvalue weighted by Crippen LogP contribution is 2.50. The number of hydrogen-bond acceptors (Lipinski definition) is 4. The molecule has 2 heterocycles. The average molecular weight is 829 g/mol. The van der Waals surface area contributed by atoms with Crippen molar-refractivity contribution in [2.75, 3.05) is 0 Å². The van der Waals surface area contributed by atoms with Gasteiger partial charge in [-0.05, 0) is 67.1 Å². The molecule has 0 amide bonds. The summed E-state index contributed by atoms with van der Waals surface area (Å²) in [5.74, 6) is 0. The third-order valence-electron chi connectivity index (χ3n) is 11.3. The lowest BCUT2D eigenvalue weighted by molar-refractivity contribution is 0.170. The highest BCUT2D eigenvalue weighted by Gasteiger charge is 2.46. The molecule has 0 bridgehead atoms. The van der Waals surface area contributed by atoms with E-state index in [2.05, 4.69) is 243 Å². The van der Waals surface area contributed by atoms with Gasteiger partial charge in [0, 0.05) is 16.7 Å². The van der Waals surface area contributed by atoms with Gasteiger partial charge in [0.2, 0.25) is 0 Å². The van der Waals surface area contributed by atoms with Gasteiger partial charge in [-0.3, -0.25) is 20.4 Å². The zero-order valence-electron chi connectivity index (χ0n) is 30.7. The van der Waals surface area contributed by atoms with E-state index in [0.717, 1.165) is 13.1 Å². The Morgan fingerprint density at radius 2 is 0.673 bits per heavy atom. The van der Waals surface area contributed by atoms with E-state index in [9.17, 15) is 0 Å². The van der Waals surface area contributed by atoms with Crippen molar-refractivity contribution < 1.29 is 0 Å². The van der Waals surface area contributed by atoms with E-state index in [0.29, 0.717) is 0 Å². The SMILES string of the molecule is Ic1c([C@H]2N[C@H](c3ccccc3)[C@@H](c3ccccc3)N2Cc2ccccc2)cccc1[C@H]1N[C@H](c2ccccc2)[C@@H](c2ccccc2)N1Cc1ccccc1. The Morgan fingerprint density at radius 1 is 0.364 bits per heavy atom.